The zero-order valence-corrected chi connectivity index (χ0v) is 11.7. The van der Waals surface area contributed by atoms with Crippen LogP contribution in [-0.2, 0) is 12.8 Å². The Labute approximate surface area is 118 Å². The van der Waals surface area contributed by atoms with Crippen molar-refractivity contribution in [2.75, 3.05) is 0 Å². The predicted octanol–water partition coefficient (Wildman–Crippen LogP) is 3.04. The summed E-state index contributed by atoms with van der Waals surface area (Å²) >= 11 is 6.13. The molecule has 1 aromatic carbocycles. The molecule has 2 rings (SSSR count). The Morgan fingerprint density at radius 2 is 2.00 bits per heavy atom. The fourth-order valence-corrected chi connectivity index (χ4v) is 2.24. The van der Waals surface area contributed by atoms with Crippen LogP contribution in [-0.4, -0.2) is 4.98 Å². The summed E-state index contributed by atoms with van der Waals surface area (Å²) in [6.07, 6.45) is 5.18. The highest BCUT2D eigenvalue weighted by Gasteiger charge is 2.12. The number of rotatable bonds is 5. The molecule has 0 aliphatic carbocycles. The maximum atomic E-state index is 6.13. The minimum atomic E-state index is 0.0470. The van der Waals surface area contributed by atoms with Crippen molar-refractivity contribution in [3.63, 3.8) is 0 Å². The van der Waals surface area contributed by atoms with Gasteiger partial charge in [-0.3, -0.25) is 16.3 Å². The maximum absolute atomic E-state index is 6.13. The average molecular weight is 276 g/mol. The number of hydrogen-bond acceptors (Lipinski definition) is 3. The van der Waals surface area contributed by atoms with Crippen LogP contribution in [0.4, 0.5) is 0 Å². The Kier molecular flexibility index (Phi) is 4.91. The van der Waals surface area contributed by atoms with E-state index in [2.05, 4.69) is 41.6 Å². The third-order valence-corrected chi connectivity index (χ3v) is 3.61. The second-order valence-corrected chi connectivity index (χ2v) is 4.89. The number of hydrogen-bond donors (Lipinski definition) is 2. The number of nitrogens with zero attached hydrogens (tertiary/aromatic N) is 1. The molecule has 0 saturated carbocycles. The van der Waals surface area contributed by atoms with Gasteiger partial charge < -0.3 is 0 Å². The van der Waals surface area contributed by atoms with Crippen LogP contribution in [0, 0.1) is 0 Å². The van der Waals surface area contributed by atoms with Gasteiger partial charge in [0, 0.05) is 12.4 Å². The Morgan fingerprint density at radius 1 is 1.26 bits per heavy atom. The van der Waals surface area contributed by atoms with Crippen LogP contribution in [0.25, 0.3) is 0 Å². The van der Waals surface area contributed by atoms with Crippen molar-refractivity contribution in [1.82, 2.24) is 10.4 Å². The van der Waals surface area contributed by atoms with E-state index >= 15 is 0 Å². The molecule has 1 aromatic heterocycles. The lowest BCUT2D eigenvalue weighted by atomic mass is 9.98. The number of nitrogens with one attached hydrogen (secondary N) is 1. The van der Waals surface area contributed by atoms with Gasteiger partial charge in [-0.1, -0.05) is 42.8 Å². The van der Waals surface area contributed by atoms with Crippen LogP contribution in [0.5, 0.6) is 0 Å². The molecule has 0 aliphatic rings. The maximum Gasteiger partial charge on any atom is 0.0622 e. The monoisotopic (exact) mass is 275 g/mol. The molecule has 0 radical (unpaired) electrons. The lowest BCUT2D eigenvalue weighted by molar-refractivity contribution is 0.551. The van der Waals surface area contributed by atoms with Crippen LogP contribution in [0.15, 0.2) is 42.7 Å². The third-order valence-electron chi connectivity index (χ3n) is 3.27. The van der Waals surface area contributed by atoms with Gasteiger partial charge >= 0.3 is 0 Å². The molecule has 0 bridgehead atoms. The van der Waals surface area contributed by atoms with Gasteiger partial charge in [-0.25, -0.2) is 0 Å². The average Bonchev–Trinajstić information content (AvgIpc) is 2.47. The topological polar surface area (TPSA) is 50.9 Å². The van der Waals surface area contributed by atoms with Gasteiger partial charge in [-0.05, 0) is 35.6 Å². The highest BCUT2D eigenvalue weighted by Crippen LogP contribution is 2.22. The number of hydrazine groups is 1. The normalized spacial score (nSPS) is 12.4. The van der Waals surface area contributed by atoms with E-state index in [1.807, 2.05) is 6.07 Å². The molecule has 0 saturated heterocycles. The number of aromatic nitrogens is 1. The van der Waals surface area contributed by atoms with E-state index in [0.29, 0.717) is 5.02 Å². The van der Waals surface area contributed by atoms with Gasteiger partial charge in [-0.2, -0.15) is 0 Å². The molecule has 3 N–H and O–H groups in total. The summed E-state index contributed by atoms with van der Waals surface area (Å²) < 4.78 is 0. The zero-order valence-electron chi connectivity index (χ0n) is 10.9. The van der Waals surface area contributed by atoms with Gasteiger partial charge in [-0.15, -0.1) is 0 Å². The second-order valence-electron chi connectivity index (χ2n) is 4.49. The number of halogens is 1. The molecular weight excluding hydrogens is 258 g/mol. The molecule has 0 spiro atoms. The van der Waals surface area contributed by atoms with E-state index in [-0.39, 0.29) is 6.04 Å². The molecule has 1 unspecified atom stereocenters. The van der Waals surface area contributed by atoms with Gasteiger partial charge in [0.1, 0.15) is 0 Å². The summed E-state index contributed by atoms with van der Waals surface area (Å²) in [5.41, 5.74) is 6.37. The lowest BCUT2D eigenvalue weighted by Gasteiger charge is -2.17. The van der Waals surface area contributed by atoms with Crippen molar-refractivity contribution in [2.24, 2.45) is 5.84 Å². The molecule has 4 heteroatoms. The SMILES string of the molecule is CCc1ccc(C(Cc2ccncc2Cl)NN)cc1. The molecule has 1 heterocycles. The largest absolute Gasteiger partial charge is 0.271 e. The highest BCUT2D eigenvalue weighted by atomic mass is 35.5. The fraction of sp³-hybridized carbons (Fsp3) is 0.267. The van der Waals surface area contributed by atoms with Crippen LogP contribution in [0.2, 0.25) is 5.02 Å². The van der Waals surface area contributed by atoms with Crippen molar-refractivity contribution in [2.45, 2.75) is 25.8 Å². The molecule has 0 aliphatic heterocycles. The number of pyridine rings is 1. The predicted molar refractivity (Wildman–Crippen MR) is 78.8 cm³/mol. The quantitative estimate of drug-likeness (QED) is 0.651. The van der Waals surface area contributed by atoms with E-state index in [1.54, 1.807) is 12.4 Å². The standard InChI is InChI=1S/C15H18ClN3/c1-2-11-3-5-12(6-4-11)15(19-17)9-13-7-8-18-10-14(13)16/h3-8,10,15,19H,2,9,17H2,1H3. The Morgan fingerprint density at radius 3 is 2.58 bits per heavy atom. The number of aryl methyl sites for hydroxylation is 1. The van der Waals surface area contributed by atoms with E-state index in [4.69, 9.17) is 17.4 Å². The van der Waals surface area contributed by atoms with Crippen molar-refractivity contribution in [3.8, 4) is 0 Å². The van der Waals surface area contributed by atoms with Gasteiger partial charge in [0.05, 0.1) is 11.1 Å². The summed E-state index contributed by atoms with van der Waals surface area (Å²) in [5.74, 6) is 5.66. The van der Waals surface area contributed by atoms with E-state index in [9.17, 15) is 0 Å². The molecular formula is C15H18ClN3. The van der Waals surface area contributed by atoms with Crippen LogP contribution >= 0.6 is 11.6 Å². The first-order valence-electron chi connectivity index (χ1n) is 6.38. The van der Waals surface area contributed by atoms with E-state index in [1.165, 1.54) is 5.56 Å². The third kappa shape index (κ3) is 3.53. The zero-order chi connectivity index (χ0) is 13.7. The first-order chi connectivity index (χ1) is 9.24. The van der Waals surface area contributed by atoms with Crippen molar-refractivity contribution < 1.29 is 0 Å². The first kappa shape index (κ1) is 14.0. The van der Waals surface area contributed by atoms with Crippen LogP contribution in [0.1, 0.15) is 29.7 Å². The Hall–Kier alpha value is -1.42. The van der Waals surface area contributed by atoms with Crippen molar-refractivity contribution >= 4 is 11.6 Å². The molecule has 100 valence electrons. The van der Waals surface area contributed by atoms with Gasteiger partial charge in [0.2, 0.25) is 0 Å². The minimum Gasteiger partial charge on any atom is -0.271 e. The molecule has 2 aromatic rings. The lowest BCUT2D eigenvalue weighted by Crippen LogP contribution is -2.29. The second kappa shape index (κ2) is 6.66. The molecule has 1 atom stereocenters. The van der Waals surface area contributed by atoms with Gasteiger partial charge in [0.15, 0.2) is 0 Å². The summed E-state index contributed by atoms with van der Waals surface area (Å²) in [6.45, 7) is 2.14. The van der Waals surface area contributed by atoms with E-state index in [0.717, 1.165) is 24.0 Å². The molecule has 0 amide bonds. The minimum absolute atomic E-state index is 0.0470. The van der Waals surface area contributed by atoms with E-state index < -0.39 is 0 Å². The molecule has 3 nitrogen and oxygen atoms in total. The number of nitrogens with two attached hydrogens (primary N) is 1. The van der Waals surface area contributed by atoms with Crippen LogP contribution in [0.3, 0.4) is 0 Å². The smallest absolute Gasteiger partial charge is 0.0622 e. The summed E-state index contributed by atoms with van der Waals surface area (Å²) in [7, 11) is 0. The van der Waals surface area contributed by atoms with Crippen molar-refractivity contribution in [1.29, 1.82) is 0 Å². The fourth-order valence-electron chi connectivity index (χ4n) is 2.05. The summed E-state index contributed by atoms with van der Waals surface area (Å²) in [4.78, 5) is 3.99. The van der Waals surface area contributed by atoms with Crippen LogP contribution < -0.4 is 11.3 Å². The number of benzene rings is 1. The Balaban J connectivity index is 2.17. The molecule has 0 fully saturated rings. The first-order valence-corrected chi connectivity index (χ1v) is 6.75. The Bertz CT molecular complexity index is 525. The highest BCUT2D eigenvalue weighted by molar-refractivity contribution is 6.31. The summed E-state index contributed by atoms with van der Waals surface area (Å²) in [5, 5.41) is 0.674. The summed E-state index contributed by atoms with van der Waals surface area (Å²) in [6, 6.07) is 10.5. The molecule has 19 heavy (non-hydrogen) atoms. The van der Waals surface area contributed by atoms with Crippen molar-refractivity contribution in [3.05, 3.63) is 64.4 Å². The van der Waals surface area contributed by atoms with Gasteiger partial charge in [0.25, 0.3) is 0 Å².